The second-order valence-electron chi connectivity index (χ2n) is 3.03. The molecule has 0 amide bonds. The number of nitrogens with zero attached hydrogens (tertiary/aromatic N) is 3. The second-order valence-corrected chi connectivity index (χ2v) is 4.51. The molecule has 0 fully saturated rings. The highest BCUT2D eigenvalue weighted by Gasteiger charge is 2.18. The minimum absolute atomic E-state index is 0.124. The summed E-state index contributed by atoms with van der Waals surface area (Å²) < 4.78 is 0. The van der Waals surface area contributed by atoms with Gasteiger partial charge < -0.3 is 0 Å². The Morgan fingerprint density at radius 3 is 2.76 bits per heavy atom. The van der Waals surface area contributed by atoms with Crippen LogP contribution in [0.1, 0.15) is 4.88 Å². The highest BCUT2D eigenvalue weighted by molar-refractivity contribution is 7.16. The van der Waals surface area contributed by atoms with Crippen LogP contribution in [-0.4, -0.2) is 9.91 Å². The van der Waals surface area contributed by atoms with Gasteiger partial charge in [0.2, 0.25) is 0 Å². The van der Waals surface area contributed by atoms with Crippen molar-refractivity contribution in [2.24, 2.45) is 0 Å². The summed E-state index contributed by atoms with van der Waals surface area (Å²) in [6.45, 7) is 0. The normalized spacial score (nSPS) is 9.88. The van der Waals surface area contributed by atoms with Gasteiger partial charge in [-0.25, -0.2) is 4.98 Å². The Kier molecular flexibility index (Phi) is 3.04. The number of aromatic nitrogens is 1. The zero-order valence-corrected chi connectivity index (χ0v) is 9.83. The van der Waals surface area contributed by atoms with E-state index >= 15 is 0 Å². The molecule has 84 valence electrons. The molecule has 0 unspecified atom stereocenters. The first kappa shape index (κ1) is 11.5. The van der Waals surface area contributed by atoms with Gasteiger partial charge in [-0.15, -0.1) is 11.3 Å². The predicted molar refractivity (Wildman–Crippen MR) is 63.9 cm³/mol. The van der Waals surface area contributed by atoms with E-state index in [9.17, 15) is 10.1 Å². The zero-order chi connectivity index (χ0) is 12.4. The van der Waals surface area contributed by atoms with E-state index in [4.69, 9.17) is 16.9 Å². The van der Waals surface area contributed by atoms with Crippen LogP contribution in [0.25, 0.3) is 10.6 Å². The van der Waals surface area contributed by atoms with Crippen molar-refractivity contribution in [2.45, 2.75) is 0 Å². The molecule has 0 radical (unpaired) electrons. The third kappa shape index (κ3) is 2.25. The maximum atomic E-state index is 10.8. The first-order valence-electron chi connectivity index (χ1n) is 4.43. The zero-order valence-electron chi connectivity index (χ0n) is 8.25. The van der Waals surface area contributed by atoms with E-state index in [-0.39, 0.29) is 16.5 Å². The molecule has 7 heteroatoms. The van der Waals surface area contributed by atoms with E-state index in [0.717, 1.165) is 11.3 Å². The Hall–Kier alpha value is -1.97. The first-order chi connectivity index (χ1) is 8.11. The van der Waals surface area contributed by atoms with E-state index < -0.39 is 4.92 Å². The predicted octanol–water partition coefficient (Wildman–Crippen LogP) is 3.24. The van der Waals surface area contributed by atoms with E-state index in [1.807, 2.05) is 6.07 Å². The molecule has 0 saturated heterocycles. The SMILES string of the molecule is N#Cc1ccc(-c2nc(Cl)ccc2[N+](=O)[O-])s1. The van der Waals surface area contributed by atoms with Crippen LogP contribution < -0.4 is 0 Å². The highest BCUT2D eigenvalue weighted by Crippen LogP contribution is 2.33. The van der Waals surface area contributed by atoms with Crippen LogP contribution in [0.5, 0.6) is 0 Å². The van der Waals surface area contributed by atoms with Crippen LogP contribution in [0.4, 0.5) is 5.69 Å². The molecular formula is C10H4ClN3O2S. The van der Waals surface area contributed by atoms with E-state index in [2.05, 4.69) is 4.98 Å². The van der Waals surface area contributed by atoms with Gasteiger partial charge >= 0.3 is 0 Å². The van der Waals surface area contributed by atoms with Gasteiger partial charge in [-0.2, -0.15) is 5.26 Å². The summed E-state index contributed by atoms with van der Waals surface area (Å²) in [5, 5.41) is 19.7. The molecule has 2 rings (SSSR count). The van der Waals surface area contributed by atoms with Crippen molar-refractivity contribution >= 4 is 28.6 Å². The second kappa shape index (κ2) is 4.49. The lowest BCUT2D eigenvalue weighted by Gasteiger charge is -1.99. The molecule has 17 heavy (non-hydrogen) atoms. The number of thiophene rings is 1. The van der Waals surface area contributed by atoms with Crippen LogP contribution in [0, 0.1) is 21.4 Å². The lowest BCUT2D eigenvalue weighted by atomic mass is 10.2. The quantitative estimate of drug-likeness (QED) is 0.474. The number of nitro groups is 1. The van der Waals surface area contributed by atoms with Crippen LogP contribution in [0.2, 0.25) is 5.15 Å². The van der Waals surface area contributed by atoms with E-state index in [1.54, 1.807) is 12.1 Å². The third-order valence-corrected chi connectivity index (χ3v) is 3.19. The largest absolute Gasteiger partial charge is 0.296 e. The standard InChI is InChI=1S/C10H4ClN3O2S/c11-9-4-2-7(14(15)16)10(13-9)8-3-1-6(5-12)17-8/h1-4H. The van der Waals surface area contributed by atoms with Gasteiger partial charge in [0.05, 0.1) is 9.80 Å². The van der Waals surface area contributed by atoms with Gasteiger partial charge in [-0.05, 0) is 18.2 Å². The van der Waals surface area contributed by atoms with Gasteiger partial charge in [0.1, 0.15) is 16.1 Å². The smallest absolute Gasteiger partial charge is 0.258 e. The molecule has 2 aromatic rings. The highest BCUT2D eigenvalue weighted by atomic mass is 35.5. The molecule has 0 saturated carbocycles. The van der Waals surface area contributed by atoms with E-state index in [1.165, 1.54) is 12.1 Å². The summed E-state index contributed by atoms with van der Waals surface area (Å²) in [6.07, 6.45) is 0. The van der Waals surface area contributed by atoms with Crippen molar-refractivity contribution in [1.82, 2.24) is 4.98 Å². The molecule has 0 atom stereocenters. The van der Waals surface area contributed by atoms with Crippen LogP contribution in [0.15, 0.2) is 24.3 Å². The van der Waals surface area contributed by atoms with Crippen molar-refractivity contribution in [1.29, 1.82) is 5.26 Å². The maximum absolute atomic E-state index is 10.8. The number of pyridine rings is 1. The third-order valence-electron chi connectivity index (χ3n) is 1.99. The van der Waals surface area contributed by atoms with Gasteiger partial charge in [0.25, 0.3) is 5.69 Å². The molecule has 0 aliphatic carbocycles. The molecule has 0 bridgehead atoms. The molecule has 2 aromatic heterocycles. The fourth-order valence-corrected chi connectivity index (χ4v) is 2.23. The Labute approximate surface area is 105 Å². The Balaban J connectivity index is 2.61. The maximum Gasteiger partial charge on any atom is 0.296 e. The minimum Gasteiger partial charge on any atom is -0.258 e. The molecule has 2 heterocycles. The Morgan fingerprint density at radius 2 is 2.18 bits per heavy atom. The molecule has 0 aromatic carbocycles. The summed E-state index contributed by atoms with van der Waals surface area (Å²) in [4.78, 5) is 15.3. The molecule has 0 N–H and O–H groups in total. The van der Waals surface area contributed by atoms with Crippen molar-refractivity contribution in [3.63, 3.8) is 0 Å². The molecular weight excluding hydrogens is 262 g/mol. The van der Waals surface area contributed by atoms with Gasteiger partial charge in [0.15, 0.2) is 5.69 Å². The number of rotatable bonds is 2. The fourth-order valence-electron chi connectivity index (χ4n) is 1.28. The average Bonchev–Trinajstić information content (AvgIpc) is 2.76. The molecule has 0 spiro atoms. The van der Waals surface area contributed by atoms with Crippen molar-refractivity contribution in [2.75, 3.05) is 0 Å². The lowest BCUT2D eigenvalue weighted by molar-refractivity contribution is -0.384. The summed E-state index contributed by atoms with van der Waals surface area (Å²) in [6, 6.07) is 7.84. The summed E-state index contributed by atoms with van der Waals surface area (Å²) in [5.41, 5.74) is 0.0646. The number of nitriles is 1. The van der Waals surface area contributed by atoms with Gasteiger partial charge in [0, 0.05) is 6.07 Å². The van der Waals surface area contributed by atoms with Crippen molar-refractivity contribution < 1.29 is 4.92 Å². The Bertz CT molecular complexity index is 633. The summed E-state index contributed by atoms with van der Waals surface area (Å²) >= 11 is 6.86. The molecule has 5 nitrogen and oxygen atoms in total. The average molecular weight is 266 g/mol. The van der Waals surface area contributed by atoms with Crippen LogP contribution >= 0.6 is 22.9 Å². The summed E-state index contributed by atoms with van der Waals surface area (Å²) in [5.74, 6) is 0. The van der Waals surface area contributed by atoms with Gasteiger partial charge in [-0.1, -0.05) is 11.6 Å². The topological polar surface area (TPSA) is 79.8 Å². The van der Waals surface area contributed by atoms with E-state index in [0.29, 0.717) is 9.75 Å². The fraction of sp³-hybridized carbons (Fsp3) is 0. The molecule has 0 aliphatic rings. The monoisotopic (exact) mass is 265 g/mol. The van der Waals surface area contributed by atoms with Crippen LogP contribution in [0.3, 0.4) is 0 Å². The van der Waals surface area contributed by atoms with Crippen LogP contribution in [-0.2, 0) is 0 Å². The van der Waals surface area contributed by atoms with Crippen molar-refractivity contribution in [3.8, 4) is 16.6 Å². The lowest BCUT2D eigenvalue weighted by Crippen LogP contribution is -1.93. The molecule has 0 aliphatic heterocycles. The van der Waals surface area contributed by atoms with Crippen molar-refractivity contribution in [3.05, 3.63) is 44.4 Å². The number of hydrogen-bond donors (Lipinski definition) is 0. The Morgan fingerprint density at radius 1 is 1.41 bits per heavy atom. The number of halogens is 1. The summed E-state index contributed by atoms with van der Waals surface area (Å²) in [7, 11) is 0. The minimum atomic E-state index is -0.523. The van der Waals surface area contributed by atoms with Gasteiger partial charge in [-0.3, -0.25) is 10.1 Å². The number of hydrogen-bond acceptors (Lipinski definition) is 5. The first-order valence-corrected chi connectivity index (χ1v) is 5.62.